The van der Waals surface area contributed by atoms with Crippen molar-refractivity contribution in [2.75, 3.05) is 5.32 Å². The van der Waals surface area contributed by atoms with Crippen LogP contribution in [0.25, 0.3) is 0 Å². The third-order valence-electron chi connectivity index (χ3n) is 4.57. The van der Waals surface area contributed by atoms with Gasteiger partial charge in [-0.1, -0.05) is 35.0 Å². The first-order valence-corrected chi connectivity index (χ1v) is 9.29. The monoisotopic (exact) mass is 396 g/mol. The largest absolute Gasteiger partial charge is 0.449 e. The van der Waals surface area contributed by atoms with Gasteiger partial charge in [-0.15, -0.1) is 0 Å². The van der Waals surface area contributed by atoms with E-state index in [2.05, 4.69) is 15.6 Å². The van der Waals surface area contributed by atoms with Crippen LogP contribution in [-0.4, -0.2) is 32.9 Å². The Morgan fingerprint density at radius 1 is 1.17 bits per heavy atom. The third kappa shape index (κ3) is 4.71. The van der Waals surface area contributed by atoms with E-state index in [4.69, 9.17) is 9.26 Å². The van der Waals surface area contributed by atoms with Gasteiger partial charge in [-0.3, -0.25) is 9.48 Å². The van der Waals surface area contributed by atoms with Gasteiger partial charge in [-0.2, -0.15) is 5.10 Å². The minimum Gasteiger partial charge on any atom is -0.449 e. The summed E-state index contributed by atoms with van der Waals surface area (Å²) < 4.78 is 12.0. The molecule has 0 aliphatic carbocycles. The number of rotatable bonds is 6. The average molecular weight is 396 g/mol. The van der Waals surface area contributed by atoms with E-state index in [0.717, 1.165) is 5.56 Å². The second-order valence-electron chi connectivity index (χ2n) is 7.05. The number of hydrogen-bond acceptors (Lipinski definition) is 6. The third-order valence-corrected chi connectivity index (χ3v) is 4.57. The van der Waals surface area contributed by atoms with Crippen LogP contribution in [0.2, 0.25) is 0 Å². The van der Waals surface area contributed by atoms with Gasteiger partial charge in [0.1, 0.15) is 11.3 Å². The van der Waals surface area contributed by atoms with E-state index in [9.17, 15) is 9.59 Å². The number of carbonyl (C=O) groups excluding carboxylic acids is 2. The Bertz CT molecular complexity index is 1030. The van der Waals surface area contributed by atoms with Crippen LogP contribution in [-0.2, 0) is 16.1 Å². The number of carbonyl (C=O) groups is 2. The maximum Gasteiger partial charge on any atom is 0.342 e. The molecule has 1 N–H and O–H groups in total. The number of aryl methyl sites for hydroxylation is 3. The molecule has 0 radical (unpaired) electrons. The molecule has 0 aliphatic heterocycles. The van der Waals surface area contributed by atoms with E-state index in [1.54, 1.807) is 24.6 Å². The molecule has 0 unspecified atom stereocenters. The standard InChI is InChI=1S/C21H24N4O4/c1-12-6-8-17(9-7-12)11-25-15(4)19(14(3)23-25)21(27)28-16(5)20(26)22-18-10-13(2)29-24-18/h6-10,16H,11H2,1-5H3,(H,22,24,26)/t16-/m0/s1. The summed E-state index contributed by atoms with van der Waals surface area (Å²) in [5.74, 6) is -0.242. The molecule has 8 heteroatoms. The van der Waals surface area contributed by atoms with Gasteiger partial charge >= 0.3 is 5.97 Å². The van der Waals surface area contributed by atoms with Crippen LogP contribution >= 0.6 is 0 Å². The molecule has 3 rings (SSSR count). The molecule has 0 saturated heterocycles. The van der Waals surface area contributed by atoms with Gasteiger partial charge in [0.05, 0.1) is 17.9 Å². The highest BCUT2D eigenvalue weighted by atomic mass is 16.5. The number of benzene rings is 1. The molecule has 3 aromatic rings. The first kappa shape index (κ1) is 20.3. The van der Waals surface area contributed by atoms with Crippen molar-refractivity contribution < 1.29 is 18.8 Å². The molecular formula is C21H24N4O4. The van der Waals surface area contributed by atoms with Gasteiger partial charge in [-0.05, 0) is 40.2 Å². The van der Waals surface area contributed by atoms with Gasteiger partial charge in [0.25, 0.3) is 5.91 Å². The minimum atomic E-state index is -1.00. The molecule has 0 aliphatic rings. The summed E-state index contributed by atoms with van der Waals surface area (Å²) >= 11 is 0. The summed E-state index contributed by atoms with van der Waals surface area (Å²) in [6, 6.07) is 9.71. The SMILES string of the molecule is Cc1ccc(Cn2nc(C)c(C(=O)O[C@@H](C)C(=O)Nc3cc(C)on3)c2C)cc1. The van der Waals surface area contributed by atoms with Gasteiger partial charge in [-0.25, -0.2) is 4.79 Å². The molecule has 2 aromatic heterocycles. The molecule has 0 bridgehead atoms. The molecule has 8 nitrogen and oxygen atoms in total. The Balaban J connectivity index is 1.69. The molecule has 2 heterocycles. The topological polar surface area (TPSA) is 99.2 Å². The van der Waals surface area contributed by atoms with Crippen molar-refractivity contribution in [3.63, 3.8) is 0 Å². The van der Waals surface area contributed by atoms with Gasteiger partial charge in [0.2, 0.25) is 0 Å². The van der Waals surface area contributed by atoms with Crippen LogP contribution in [0, 0.1) is 27.7 Å². The lowest BCUT2D eigenvalue weighted by Gasteiger charge is -2.12. The number of ether oxygens (including phenoxy) is 1. The lowest BCUT2D eigenvalue weighted by atomic mass is 10.1. The highest BCUT2D eigenvalue weighted by Crippen LogP contribution is 2.18. The Kier molecular flexibility index (Phi) is 5.81. The van der Waals surface area contributed by atoms with Crippen molar-refractivity contribution in [3.05, 3.63) is 64.2 Å². The quantitative estimate of drug-likeness (QED) is 0.642. The van der Waals surface area contributed by atoms with E-state index in [1.165, 1.54) is 12.5 Å². The fourth-order valence-electron chi connectivity index (χ4n) is 2.94. The molecular weight excluding hydrogens is 372 g/mol. The predicted octanol–water partition coefficient (Wildman–Crippen LogP) is 3.34. The number of nitrogens with one attached hydrogen (secondary N) is 1. The second kappa shape index (κ2) is 8.30. The van der Waals surface area contributed by atoms with Crippen molar-refractivity contribution in [1.82, 2.24) is 14.9 Å². The Morgan fingerprint density at radius 2 is 1.86 bits per heavy atom. The number of hydrogen-bond donors (Lipinski definition) is 1. The normalized spacial score (nSPS) is 11.9. The molecule has 0 saturated carbocycles. The average Bonchev–Trinajstić information content (AvgIpc) is 3.19. The fraction of sp³-hybridized carbons (Fsp3) is 0.333. The van der Waals surface area contributed by atoms with Crippen LogP contribution in [0.15, 0.2) is 34.9 Å². The predicted molar refractivity (Wildman–Crippen MR) is 107 cm³/mol. The zero-order valence-electron chi connectivity index (χ0n) is 17.1. The van der Waals surface area contributed by atoms with Gasteiger partial charge in [0.15, 0.2) is 11.9 Å². The van der Waals surface area contributed by atoms with Gasteiger partial charge < -0.3 is 14.6 Å². The summed E-state index contributed by atoms with van der Waals surface area (Å²) in [5, 5.41) is 10.7. The lowest BCUT2D eigenvalue weighted by Crippen LogP contribution is -2.30. The molecule has 0 spiro atoms. The maximum absolute atomic E-state index is 12.7. The van der Waals surface area contributed by atoms with Crippen molar-refractivity contribution >= 4 is 17.7 Å². The number of esters is 1. The second-order valence-corrected chi connectivity index (χ2v) is 7.05. The van der Waals surface area contributed by atoms with Crippen molar-refractivity contribution in [1.29, 1.82) is 0 Å². The number of aromatic nitrogens is 3. The lowest BCUT2D eigenvalue weighted by molar-refractivity contribution is -0.123. The number of amides is 1. The first-order chi connectivity index (χ1) is 13.7. The minimum absolute atomic E-state index is 0.272. The summed E-state index contributed by atoms with van der Waals surface area (Å²) in [4.78, 5) is 24.9. The molecule has 29 heavy (non-hydrogen) atoms. The molecule has 152 valence electrons. The Labute approximate surface area is 168 Å². The van der Waals surface area contributed by atoms with Crippen LogP contribution in [0.5, 0.6) is 0 Å². The molecule has 1 atom stereocenters. The summed E-state index contributed by atoms with van der Waals surface area (Å²) in [7, 11) is 0. The number of nitrogens with zero attached hydrogens (tertiary/aromatic N) is 3. The van der Waals surface area contributed by atoms with Crippen molar-refractivity contribution in [2.45, 2.75) is 47.3 Å². The zero-order valence-corrected chi connectivity index (χ0v) is 17.1. The van der Waals surface area contributed by atoms with E-state index >= 15 is 0 Å². The van der Waals surface area contributed by atoms with Crippen molar-refractivity contribution in [2.24, 2.45) is 0 Å². The fourth-order valence-corrected chi connectivity index (χ4v) is 2.94. The van der Waals surface area contributed by atoms with Gasteiger partial charge in [0, 0.05) is 6.07 Å². The van der Waals surface area contributed by atoms with Crippen LogP contribution < -0.4 is 5.32 Å². The van der Waals surface area contributed by atoms with E-state index in [-0.39, 0.29) is 5.82 Å². The van der Waals surface area contributed by atoms with Crippen LogP contribution in [0.3, 0.4) is 0 Å². The van der Waals surface area contributed by atoms with Crippen LogP contribution in [0.1, 0.15) is 45.6 Å². The molecule has 1 aromatic carbocycles. The van der Waals surface area contributed by atoms with E-state index in [1.807, 2.05) is 38.1 Å². The molecule has 0 fully saturated rings. The van der Waals surface area contributed by atoms with E-state index < -0.39 is 18.0 Å². The maximum atomic E-state index is 12.7. The summed E-state index contributed by atoms with van der Waals surface area (Å²) in [6.07, 6.45) is -1.00. The Hall–Kier alpha value is -3.42. The highest BCUT2D eigenvalue weighted by Gasteiger charge is 2.25. The number of anilines is 1. The smallest absolute Gasteiger partial charge is 0.342 e. The molecule has 1 amide bonds. The van der Waals surface area contributed by atoms with E-state index in [0.29, 0.717) is 29.3 Å². The zero-order chi connectivity index (χ0) is 21.1. The Morgan fingerprint density at radius 3 is 2.48 bits per heavy atom. The van der Waals surface area contributed by atoms with Crippen LogP contribution in [0.4, 0.5) is 5.82 Å². The first-order valence-electron chi connectivity index (χ1n) is 9.29. The summed E-state index contributed by atoms with van der Waals surface area (Å²) in [5.41, 5.74) is 3.87. The summed E-state index contributed by atoms with van der Waals surface area (Å²) in [6.45, 7) is 9.35. The van der Waals surface area contributed by atoms with Crippen molar-refractivity contribution in [3.8, 4) is 0 Å². The highest BCUT2D eigenvalue weighted by molar-refractivity contribution is 5.97.